The van der Waals surface area contributed by atoms with Crippen molar-refractivity contribution in [3.63, 3.8) is 0 Å². The molecule has 4 heteroatoms. The molecule has 2 rings (SSSR count). The van der Waals surface area contributed by atoms with Gasteiger partial charge in [0.25, 0.3) is 0 Å². The molecule has 1 N–H and O–H groups in total. The number of benzene rings is 1. The van der Waals surface area contributed by atoms with E-state index in [0.717, 1.165) is 6.42 Å². The molecule has 0 fully saturated rings. The summed E-state index contributed by atoms with van der Waals surface area (Å²) in [5.41, 5.74) is 2.98. The van der Waals surface area contributed by atoms with Gasteiger partial charge in [0.15, 0.2) is 5.89 Å². The molecule has 0 saturated carbocycles. The van der Waals surface area contributed by atoms with Gasteiger partial charge in [0, 0.05) is 6.42 Å². The van der Waals surface area contributed by atoms with Crippen molar-refractivity contribution < 1.29 is 14.3 Å². The Balaban J connectivity index is 2.16. The molecule has 0 saturated heterocycles. The molecular formula is C16H19NO3. The molecule has 2 aromatic rings. The van der Waals surface area contributed by atoms with Crippen molar-refractivity contribution in [3.05, 3.63) is 52.7 Å². The van der Waals surface area contributed by atoms with Crippen LogP contribution in [-0.4, -0.2) is 16.1 Å². The second kappa shape index (κ2) is 5.90. The topological polar surface area (TPSA) is 63.3 Å². The predicted molar refractivity (Wildman–Crippen MR) is 76.1 cm³/mol. The Morgan fingerprint density at radius 2 is 2.00 bits per heavy atom. The zero-order chi connectivity index (χ0) is 14.7. The number of oxazole rings is 1. The van der Waals surface area contributed by atoms with E-state index in [1.54, 1.807) is 0 Å². The van der Waals surface area contributed by atoms with Gasteiger partial charge in [-0.15, -0.1) is 0 Å². The fraction of sp³-hybridized carbons (Fsp3) is 0.375. The van der Waals surface area contributed by atoms with Crippen molar-refractivity contribution in [3.8, 4) is 0 Å². The lowest BCUT2D eigenvalue weighted by atomic mass is 10.0. The molecule has 106 valence electrons. The molecule has 0 bridgehead atoms. The lowest BCUT2D eigenvalue weighted by Crippen LogP contribution is -2.01. The highest BCUT2D eigenvalue weighted by Gasteiger charge is 2.21. The predicted octanol–water partition coefficient (Wildman–Crippen LogP) is 3.59. The first-order chi connectivity index (χ1) is 9.49. The van der Waals surface area contributed by atoms with Crippen molar-refractivity contribution in [1.82, 2.24) is 4.98 Å². The number of rotatable bonds is 5. The third-order valence-corrected chi connectivity index (χ3v) is 3.31. The molecule has 0 atom stereocenters. The minimum atomic E-state index is -1.05. The summed E-state index contributed by atoms with van der Waals surface area (Å²) >= 11 is 0. The van der Waals surface area contributed by atoms with Crippen LogP contribution in [-0.2, 0) is 12.8 Å². The normalized spacial score (nSPS) is 11.0. The van der Waals surface area contributed by atoms with E-state index in [4.69, 9.17) is 9.52 Å². The van der Waals surface area contributed by atoms with Crippen LogP contribution in [0.5, 0.6) is 0 Å². The number of aryl methyl sites for hydroxylation is 3. The van der Waals surface area contributed by atoms with Crippen molar-refractivity contribution >= 4 is 5.97 Å². The largest absolute Gasteiger partial charge is 0.475 e. The Labute approximate surface area is 118 Å². The molecule has 1 heterocycles. The van der Waals surface area contributed by atoms with Crippen LogP contribution in [0.25, 0.3) is 0 Å². The molecule has 20 heavy (non-hydrogen) atoms. The summed E-state index contributed by atoms with van der Waals surface area (Å²) in [6, 6.07) is 8.14. The van der Waals surface area contributed by atoms with E-state index in [2.05, 4.69) is 24.0 Å². The molecule has 0 unspecified atom stereocenters. The van der Waals surface area contributed by atoms with Gasteiger partial charge in [0.1, 0.15) is 0 Å². The number of aromatic nitrogens is 1. The van der Waals surface area contributed by atoms with Gasteiger partial charge in [0.05, 0.1) is 5.69 Å². The van der Waals surface area contributed by atoms with Crippen LogP contribution in [0, 0.1) is 6.92 Å². The fourth-order valence-electron chi connectivity index (χ4n) is 2.16. The maximum absolute atomic E-state index is 11.1. The van der Waals surface area contributed by atoms with E-state index in [1.165, 1.54) is 11.1 Å². The number of carboxylic acids is 1. The molecule has 0 aliphatic rings. The van der Waals surface area contributed by atoms with Crippen LogP contribution in [0.1, 0.15) is 53.0 Å². The van der Waals surface area contributed by atoms with Gasteiger partial charge in [-0.3, -0.25) is 0 Å². The Bertz CT molecular complexity index is 614. The number of nitrogens with zero attached hydrogens (tertiary/aromatic N) is 1. The van der Waals surface area contributed by atoms with Crippen LogP contribution < -0.4 is 0 Å². The Morgan fingerprint density at radius 3 is 2.55 bits per heavy atom. The van der Waals surface area contributed by atoms with Crippen LogP contribution in [0.3, 0.4) is 0 Å². The van der Waals surface area contributed by atoms with Gasteiger partial charge >= 0.3 is 5.97 Å². The van der Waals surface area contributed by atoms with E-state index < -0.39 is 5.97 Å². The van der Waals surface area contributed by atoms with Crippen molar-refractivity contribution in [1.29, 1.82) is 0 Å². The molecule has 4 nitrogen and oxygen atoms in total. The lowest BCUT2D eigenvalue weighted by Gasteiger charge is -2.02. The summed E-state index contributed by atoms with van der Waals surface area (Å²) in [6.07, 6.45) is 1.40. The molecule has 0 spiro atoms. The lowest BCUT2D eigenvalue weighted by molar-refractivity contribution is 0.0658. The minimum absolute atomic E-state index is 0.0280. The highest BCUT2D eigenvalue weighted by atomic mass is 16.4. The standard InChI is InChI=1S/C16H19NO3/c1-10(2)14-15(16(18)19)20-13(17-14)9-8-12-7-5-4-6-11(12)3/h4-7,10H,8-9H2,1-3H3,(H,18,19). The minimum Gasteiger partial charge on any atom is -0.475 e. The summed E-state index contributed by atoms with van der Waals surface area (Å²) in [5, 5.41) is 9.12. The number of hydrogen-bond donors (Lipinski definition) is 1. The van der Waals surface area contributed by atoms with E-state index in [1.807, 2.05) is 26.0 Å². The number of aromatic carboxylic acids is 1. The summed E-state index contributed by atoms with van der Waals surface area (Å²) < 4.78 is 5.39. The highest BCUT2D eigenvalue weighted by molar-refractivity contribution is 5.85. The number of carbonyl (C=O) groups is 1. The van der Waals surface area contributed by atoms with Gasteiger partial charge in [-0.25, -0.2) is 9.78 Å². The first-order valence-corrected chi connectivity index (χ1v) is 6.76. The van der Waals surface area contributed by atoms with Gasteiger partial charge in [-0.2, -0.15) is 0 Å². The Morgan fingerprint density at radius 1 is 1.30 bits per heavy atom. The monoisotopic (exact) mass is 273 g/mol. The maximum Gasteiger partial charge on any atom is 0.373 e. The first kappa shape index (κ1) is 14.3. The van der Waals surface area contributed by atoms with E-state index in [9.17, 15) is 4.79 Å². The van der Waals surface area contributed by atoms with Crippen LogP contribution in [0.2, 0.25) is 0 Å². The van der Waals surface area contributed by atoms with E-state index in [-0.39, 0.29) is 11.7 Å². The zero-order valence-electron chi connectivity index (χ0n) is 12.0. The Kier molecular flexibility index (Phi) is 4.23. The van der Waals surface area contributed by atoms with Crippen molar-refractivity contribution in [2.24, 2.45) is 0 Å². The van der Waals surface area contributed by atoms with Crippen LogP contribution in [0.4, 0.5) is 0 Å². The number of carboxylic acid groups (broad SMARTS) is 1. The summed E-state index contributed by atoms with van der Waals surface area (Å²) in [4.78, 5) is 15.5. The fourth-order valence-corrected chi connectivity index (χ4v) is 2.16. The maximum atomic E-state index is 11.1. The molecule has 1 aromatic carbocycles. The smallest absolute Gasteiger partial charge is 0.373 e. The van der Waals surface area contributed by atoms with Crippen molar-refractivity contribution in [2.75, 3.05) is 0 Å². The molecular weight excluding hydrogens is 254 g/mol. The van der Waals surface area contributed by atoms with Gasteiger partial charge in [-0.1, -0.05) is 38.1 Å². The SMILES string of the molecule is Cc1ccccc1CCc1nc(C(C)C)c(C(=O)O)o1. The average Bonchev–Trinajstić information content (AvgIpc) is 2.82. The van der Waals surface area contributed by atoms with Gasteiger partial charge in [-0.05, 0) is 30.4 Å². The average molecular weight is 273 g/mol. The molecule has 0 radical (unpaired) electrons. The van der Waals surface area contributed by atoms with E-state index in [0.29, 0.717) is 18.0 Å². The van der Waals surface area contributed by atoms with E-state index >= 15 is 0 Å². The second-order valence-corrected chi connectivity index (χ2v) is 5.21. The summed E-state index contributed by atoms with van der Waals surface area (Å²) in [7, 11) is 0. The summed E-state index contributed by atoms with van der Waals surface area (Å²) in [5.74, 6) is -0.547. The Hall–Kier alpha value is -2.10. The zero-order valence-corrected chi connectivity index (χ0v) is 12.0. The van der Waals surface area contributed by atoms with Crippen LogP contribution >= 0.6 is 0 Å². The molecule has 1 aromatic heterocycles. The second-order valence-electron chi connectivity index (χ2n) is 5.21. The molecule has 0 amide bonds. The van der Waals surface area contributed by atoms with Crippen molar-refractivity contribution in [2.45, 2.75) is 39.5 Å². The quantitative estimate of drug-likeness (QED) is 0.904. The van der Waals surface area contributed by atoms with Crippen LogP contribution in [0.15, 0.2) is 28.7 Å². The third-order valence-electron chi connectivity index (χ3n) is 3.31. The van der Waals surface area contributed by atoms with Gasteiger partial charge < -0.3 is 9.52 Å². The number of hydrogen-bond acceptors (Lipinski definition) is 3. The van der Waals surface area contributed by atoms with Gasteiger partial charge in [0.2, 0.25) is 5.76 Å². The summed E-state index contributed by atoms with van der Waals surface area (Å²) in [6.45, 7) is 5.89. The molecule has 0 aliphatic heterocycles. The first-order valence-electron chi connectivity index (χ1n) is 6.76. The third kappa shape index (κ3) is 3.07. The molecule has 0 aliphatic carbocycles. The highest BCUT2D eigenvalue weighted by Crippen LogP contribution is 2.21.